The van der Waals surface area contributed by atoms with E-state index in [1.807, 2.05) is 18.2 Å². The third-order valence-corrected chi connectivity index (χ3v) is 5.89. The van der Waals surface area contributed by atoms with Gasteiger partial charge < -0.3 is 5.32 Å². The molecule has 0 aliphatic heterocycles. The zero-order valence-corrected chi connectivity index (χ0v) is 17.1. The maximum Gasteiger partial charge on any atom is 0.300 e. The topological polar surface area (TPSA) is 81.3 Å². The highest BCUT2D eigenvalue weighted by molar-refractivity contribution is 8.00. The average Bonchev–Trinajstić information content (AvgIpc) is 3.19. The third kappa shape index (κ3) is 4.19. The smallest absolute Gasteiger partial charge is 0.300 e. The summed E-state index contributed by atoms with van der Waals surface area (Å²) in [7, 11) is 0. The first-order chi connectivity index (χ1) is 15.0. The fourth-order valence-electron chi connectivity index (χ4n) is 2.99. The Kier molecular flexibility index (Phi) is 5.81. The number of benzene rings is 2. The van der Waals surface area contributed by atoms with Crippen LogP contribution in [0, 0.1) is 11.6 Å². The van der Waals surface area contributed by atoms with E-state index in [9.17, 15) is 18.4 Å². The van der Waals surface area contributed by atoms with Crippen LogP contribution in [0.15, 0.2) is 70.9 Å². The number of nitrogens with one attached hydrogen (secondary N) is 1. The van der Waals surface area contributed by atoms with E-state index >= 15 is 0 Å². The first kappa shape index (κ1) is 20.7. The lowest BCUT2D eigenvalue weighted by Crippen LogP contribution is -2.25. The van der Waals surface area contributed by atoms with Gasteiger partial charge in [-0.15, -0.1) is 10.2 Å². The van der Waals surface area contributed by atoms with Gasteiger partial charge in [-0.1, -0.05) is 36.9 Å². The Bertz CT molecular complexity index is 1310. The van der Waals surface area contributed by atoms with E-state index in [1.165, 1.54) is 8.97 Å². The van der Waals surface area contributed by atoms with Crippen LogP contribution in [0.25, 0.3) is 11.3 Å². The lowest BCUT2D eigenvalue weighted by atomic mass is 10.2. The number of aromatic nitrogens is 4. The fourth-order valence-corrected chi connectivity index (χ4v) is 3.93. The van der Waals surface area contributed by atoms with Gasteiger partial charge >= 0.3 is 5.56 Å². The highest BCUT2D eigenvalue weighted by Gasteiger charge is 2.23. The van der Waals surface area contributed by atoms with Crippen LogP contribution < -0.4 is 10.9 Å². The second kappa shape index (κ2) is 8.68. The van der Waals surface area contributed by atoms with Gasteiger partial charge in [-0.25, -0.2) is 8.78 Å². The molecule has 1 amide bonds. The number of halogens is 2. The normalized spacial score (nSPS) is 12.1. The van der Waals surface area contributed by atoms with E-state index in [0.29, 0.717) is 17.3 Å². The number of hydrogen-bond donors (Lipinski definition) is 1. The van der Waals surface area contributed by atoms with Crippen LogP contribution >= 0.6 is 11.8 Å². The van der Waals surface area contributed by atoms with Crippen molar-refractivity contribution < 1.29 is 13.6 Å². The number of amides is 1. The SMILES string of the molecule is CC[C@@H](Sc1nnc2c(=O)n(-c3ccccc3)ccn12)C(=O)Nc1cc(F)ccc1F. The zero-order chi connectivity index (χ0) is 22.0. The first-order valence-electron chi connectivity index (χ1n) is 9.42. The minimum absolute atomic E-state index is 0.111. The van der Waals surface area contributed by atoms with Gasteiger partial charge in [-0.05, 0) is 30.7 Å². The van der Waals surface area contributed by atoms with Crippen LogP contribution in [-0.4, -0.2) is 30.3 Å². The molecule has 4 rings (SSSR count). The first-order valence-corrected chi connectivity index (χ1v) is 10.3. The highest BCUT2D eigenvalue weighted by atomic mass is 32.2. The Morgan fingerprint density at radius 2 is 1.90 bits per heavy atom. The zero-order valence-electron chi connectivity index (χ0n) is 16.3. The molecular formula is C21H17F2N5O2S. The molecule has 0 aliphatic rings. The summed E-state index contributed by atoms with van der Waals surface area (Å²) in [4.78, 5) is 25.4. The van der Waals surface area contributed by atoms with E-state index in [2.05, 4.69) is 15.5 Å². The van der Waals surface area contributed by atoms with Gasteiger partial charge in [-0.2, -0.15) is 0 Å². The van der Waals surface area contributed by atoms with E-state index < -0.39 is 22.8 Å². The van der Waals surface area contributed by atoms with Crippen molar-refractivity contribution in [2.24, 2.45) is 0 Å². The molecule has 0 saturated heterocycles. The van der Waals surface area contributed by atoms with Crippen LogP contribution in [-0.2, 0) is 4.79 Å². The molecule has 2 heterocycles. The molecule has 2 aromatic heterocycles. The molecule has 31 heavy (non-hydrogen) atoms. The molecule has 4 aromatic rings. The third-order valence-electron chi connectivity index (χ3n) is 4.57. The summed E-state index contributed by atoms with van der Waals surface area (Å²) in [6.07, 6.45) is 3.63. The molecule has 158 valence electrons. The quantitative estimate of drug-likeness (QED) is 0.462. The predicted octanol–water partition coefficient (Wildman–Crippen LogP) is 3.67. The van der Waals surface area contributed by atoms with Gasteiger partial charge in [0.2, 0.25) is 11.6 Å². The Morgan fingerprint density at radius 1 is 1.13 bits per heavy atom. The molecule has 10 heteroatoms. The molecule has 0 bridgehead atoms. The van der Waals surface area contributed by atoms with Gasteiger partial charge in [0, 0.05) is 24.1 Å². The molecule has 7 nitrogen and oxygen atoms in total. The summed E-state index contributed by atoms with van der Waals surface area (Å²) >= 11 is 1.09. The highest BCUT2D eigenvalue weighted by Crippen LogP contribution is 2.26. The summed E-state index contributed by atoms with van der Waals surface area (Å²) in [5.74, 6) is -1.90. The Balaban J connectivity index is 1.60. The average molecular weight is 441 g/mol. The number of carbonyl (C=O) groups excluding carboxylic acids is 1. The molecule has 0 unspecified atom stereocenters. The van der Waals surface area contributed by atoms with Crippen molar-refractivity contribution in [3.05, 3.63) is 82.9 Å². The van der Waals surface area contributed by atoms with Gasteiger partial charge in [0.05, 0.1) is 10.9 Å². The molecule has 1 N–H and O–H groups in total. The van der Waals surface area contributed by atoms with Crippen LogP contribution in [0.5, 0.6) is 0 Å². The Hall–Kier alpha value is -3.53. The Labute approximate surface area is 179 Å². The monoisotopic (exact) mass is 441 g/mol. The van der Waals surface area contributed by atoms with Crippen molar-refractivity contribution in [1.29, 1.82) is 0 Å². The molecule has 0 saturated carbocycles. The summed E-state index contributed by atoms with van der Waals surface area (Å²) in [5, 5.41) is 10.1. The van der Waals surface area contributed by atoms with Crippen molar-refractivity contribution >= 4 is 29.0 Å². The molecule has 1 atom stereocenters. The number of carbonyl (C=O) groups is 1. The standard InChI is InChI=1S/C21H17F2N5O2S/c1-2-17(19(29)24-16-12-13(22)8-9-15(16)23)31-21-26-25-18-20(30)27(10-11-28(18)21)14-6-4-3-5-7-14/h3-12,17H,2H2,1H3,(H,24,29)/t17-/m1/s1. The van der Waals surface area contributed by atoms with Crippen molar-refractivity contribution in [2.45, 2.75) is 23.8 Å². The molecular weight excluding hydrogens is 424 g/mol. The minimum Gasteiger partial charge on any atom is -0.323 e. The van der Waals surface area contributed by atoms with Crippen molar-refractivity contribution in [3.8, 4) is 5.69 Å². The molecule has 0 radical (unpaired) electrons. The van der Waals surface area contributed by atoms with E-state index in [-0.39, 0.29) is 16.9 Å². The maximum atomic E-state index is 13.9. The fraction of sp³-hybridized carbons (Fsp3) is 0.143. The summed E-state index contributed by atoms with van der Waals surface area (Å²) in [6.45, 7) is 1.78. The second-order valence-electron chi connectivity index (χ2n) is 6.61. The van der Waals surface area contributed by atoms with E-state index in [0.717, 1.165) is 30.0 Å². The van der Waals surface area contributed by atoms with E-state index in [4.69, 9.17) is 0 Å². The number of rotatable bonds is 6. The number of nitrogens with zero attached hydrogens (tertiary/aromatic N) is 4. The molecule has 2 aromatic carbocycles. The Morgan fingerprint density at radius 3 is 2.65 bits per heavy atom. The minimum atomic E-state index is -0.732. The molecule has 0 aliphatic carbocycles. The summed E-state index contributed by atoms with van der Waals surface area (Å²) in [6, 6.07) is 11.9. The number of fused-ring (bicyclic) bond motifs is 1. The van der Waals surface area contributed by atoms with Crippen LogP contribution in [0.3, 0.4) is 0 Å². The van der Waals surface area contributed by atoms with Gasteiger partial charge in [0.1, 0.15) is 11.6 Å². The number of thioether (sulfide) groups is 1. The maximum absolute atomic E-state index is 13.9. The molecule has 0 fully saturated rings. The van der Waals surface area contributed by atoms with Crippen molar-refractivity contribution in [2.75, 3.05) is 5.32 Å². The number of anilines is 1. The predicted molar refractivity (Wildman–Crippen MR) is 114 cm³/mol. The van der Waals surface area contributed by atoms with Gasteiger partial charge in [0.25, 0.3) is 0 Å². The summed E-state index contributed by atoms with van der Waals surface area (Å²) < 4.78 is 30.2. The second-order valence-corrected chi connectivity index (χ2v) is 7.78. The van der Waals surface area contributed by atoms with Crippen molar-refractivity contribution in [1.82, 2.24) is 19.2 Å². The largest absolute Gasteiger partial charge is 0.323 e. The molecule has 0 spiro atoms. The summed E-state index contributed by atoms with van der Waals surface area (Å²) in [5.41, 5.74) is 0.212. The lowest BCUT2D eigenvalue weighted by Gasteiger charge is -2.14. The van der Waals surface area contributed by atoms with Gasteiger partial charge in [-0.3, -0.25) is 18.6 Å². The van der Waals surface area contributed by atoms with Crippen LogP contribution in [0.2, 0.25) is 0 Å². The van der Waals surface area contributed by atoms with Gasteiger partial charge in [0.15, 0.2) is 5.16 Å². The van der Waals surface area contributed by atoms with Crippen molar-refractivity contribution in [3.63, 3.8) is 0 Å². The number of hydrogen-bond acceptors (Lipinski definition) is 5. The van der Waals surface area contributed by atoms with E-state index in [1.54, 1.807) is 31.5 Å². The lowest BCUT2D eigenvalue weighted by molar-refractivity contribution is -0.115. The van der Waals surface area contributed by atoms with Crippen LogP contribution in [0.4, 0.5) is 14.5 Å². The number of para-hydroxylation sites is 1. The van der Waals surface area contributed by atoms with Crippen LogP contribution in [0.1, 0.15) is 13.3 Å².